The molecule has 7 nitrogen and oxygen atoms in total. The second kappa shape index (κ2) is 9.47. The van der Waals surface area contributed by atoms with E-state index in [0.717, 1.165) is 19.4 Å². The van der Waals surface area contributed by atoms with E-state index in [4.69, 9.17) is 9.47 Å². The third kappa shape index (κ3) is 4.87. The molecule has 162 valence electrons. The molecule has 0 spiro atoms. The molecule has 1 aromatic heterocycles. The summed E-state index contributed by atoms with van der Waals surface area (Å²) in [7, 11) is 1.56. The molecule has 9 heteroatoms. The molecule has 1 saturated heterocycles. The number of carbonyl (C=O) groups is 1. The van der Waals surface area contributed by atoms with Crippen molar-refractivity contribution in [3.8, 4) is 11.5 Å². The van der Waals surface area contributed by atoms with Crippen molar-refractivity contribution in [2.45, 2.75) is 19.3 Å². The Balaban J connectivity index is 1.51. The number of rotatable bonds is 8. The summed E-state index contributed by atoms with van der Waals surface area (Å²) in [6, 6.07) is 8.31. The van der Waals surface area contributed by atoms with Crippen molar-refractivity contribution in [1.29, 1.82) is 0 Å². The molecule has 1 N–H and O–H groups in total. The Morgan fingerprint density at radius 2 is 2.10 bits per heavy atom. The fraction of sp³-hybridized carbons (Fsp3) is 0.318. The third-order valence-corrected chi connectivity index (χ3v) is 5.60. The highest BCUT2D eigenvalue weighted by atomic mass is 79.9. The minimum Gasteiger partial charge on any atom is -0.493 e. The molecule has 4 rings (SSSR count). The second-order valence-electron chi connectivity index (χ2n) is 7.18. The van der Waals surface area contributed by atoms with E-state index < -0.39 is 5.82 Å². The first-order valence-electron chi connectivity index (χ1n) is 10.0. The van der Waals surface area contributed by atoms with E-state index in [1.54, 1.807) is 31.4 Å². The van der Waals surface area contributed by atoms with Gasteiger partial charge in [0.15, 0.2) is 11.5 Å². The number of ether oxygens (including phenoxy) is 2. The van der Waals surface area contributed by atoms with Crippen LogP contribution in [0.2, 0.25) is 0 Å². The minimum atomic E-state index is -0.399. The first kappa shape index (κ1) is 21.3. The quantitative estimate of drug-likeness (QED) is 0.464. The summed E-state index contributed by atoms with van der Waals surface area (Å²) >= 11 is 3.25. The molecule has 1 aliphatic heterocycles. The van der Waals surface area contributed by atoms with Crippen LogP contribution in [0.15, 0.2) is 41.1 Å². The largest absolute Gasteiger partial charge is 0.493 e. The van der Waals surface area contributed by atoms with Crippen LogP contribution in [0.3, 0.4) is 0 Å². The Labute approximate surface area is 187 Å². The third-order valence-electron chi connectivity index (χ3n) is 5.11. The van der Waals surface area contributed by atoms with Crippen LogP contribution in [0.4, 0.5) is 15.9 Å². The molecule has 2 aromatic carbocycles. The number of aromatic nitrogens is 2. The molecular weight excluding hydrogens is 467 g/mol. The van der Waals surface area contributed by atoms with Gasteiger partial charge in [-0.3, -0.25) is 4.79 Å². The molecule has 0 saturated carbocycles. The average Bonchev–Trinajstić information content (AvgIpc) is 3.17. The Morgan fingerprint density at radius 3 is 2.84 bits per heavy atom. The molecule has 2 heterocycles. The van der Waals surface area contributed by atoms with E-state index in [0.29, 0.717) is 58.0 Å². The zero-order valence-electron chi connectivity index (χ0n) is 17.0. The maximum atomic E-state index is 14.2. The first-order valence-corrected chi connectivity index (χ1v) is 10.8. The highest BCUT2D eigenvalue weighted by molar-refractivity contribution is 9.10. The summed E-state index contributed by atoms with van der Waals surface area (Å²) in [5.41, 5.74) is 0.944. The molecule has 0 bridgehead atoms. The summed E-state index contributed by atoms with van der Waals surface area (Å²) < 4.78 is 26.3. The van der Waals surface area contributed by atoms with Crippen molar-refractivity contribution in [3.63, 3.8) is 0 Å². The van der Waals surface area contributed by atoms with Gasteiger partial charge in [-0.1, -0.05) is 15.9 Å². The van der Waals surface area contributed by atoms with Gasteiger partial charge < -0.3 is 19.7 Å². The van der Waals surface area contributed by atoms with Crippen molar-refractivity contribution in [2.24, 2.45) is 0 Å². The molecule has 0 atom stereocenters. The number of carbonyl (C=O) groups excluding carboxylic acids is 1. The van der Waals surface area contributed by atoms with E-state index in [-0.39, 0.29) is 5.91 Å². The van der Waals surface area contributed by atoms with Gasteiger partial charge in [0, 0.05) is 35.4 Å². The van der Waals surface area contributed by atoms with Gasteiger partial charge in [0.05, 0.1) is 24.9 Å². The fourth-order valence-corrected chi connectivity index (χ4v) is 3.87. The van der Waals surface area contributed by atoms with Crippen LogP contribution >= 0.6 is 15.9 Å². The van der Waals surface area contributed by atoms with Crippen LogP contribution in [-0.2, 0) is 4.79 Å². The number of methoxy groups -OCH3 is 1. The van der Waals surface area contributed by atoms with E-state index in [2.05, 4.69) is 31.2 Å². The predicted octanol–water partition coefficient (Wildman–Crippen LogP) is 4.67. The Kier molecular flexibility index (Phi) is 6.50. The summed E-state index contributed by atoms with van der Waals surface area (Å²) in [5, 5.41) is 3.70. The molecule has 1 amide bonds. The lowest BCUT2D eigenvalue weighted by Gasteiger charge is -2.17. The maximum absolute atomic E-state index is 14.2. The molecule has 0 unspecified atom stereocenters. The molecule has 31 heavy (non-hydrogen) atoms. The second-order valence-corrected chi connectivity index (χ2v) is 8.09. The van der Waals surface area contributed by atoms with Crippen LogP contribution in [0.25, 0.3) is 10.9 Å². The number of fused-ring (bicyclic) bond motifs is 1. The van der Waals surface area contributed by atoms with Crippen molar-refractivity contribution in [2.75, 3.05) is 32.1 Å². The number of benzene rings is 2. The highest BCUT2D eigenvalue weighted by Crippen LogP contribution is 2.35. The average molecular weight is 489 g/mol. The zero-order chi connectivity index (χ0) is 21.8. The van der Waals surface area contributed by atoms with Crippen LogP contribution in [0.5, 0.6) is 11.5 Å². The van der Waals surface area contributed by atoms with Gasteiger partial charge in [-0.05, 0) is 37.1 Å². The molecule has 1 fully saturated rings. The van der Waals surface area contributed by atoms with Crippen molar-refractivity contribution in [3.05, 3.63) is 46.9 Å². The van der Waals surface area contributed by atoms with Gasteiger partial charge in [-0.25, -0.2) is 14.4 Å². The number of nitrogens with one attached hydrogen (secondary N) is 1. The fourth-order valence-electron chi connectivity index (χ4n) is 3.53. The summed E-state index contributed by atoms with van der Waals surface area (Å²) in [4.78, 5) is 22.2. The van der Waals surface area contributed by atoms with Gasteiger partial charge in [0.1, 0.15) is 18.0 Å². The predicted molar refractivity (Wildman–Crippen MR) is 119 cm³/mol. The van der Waals surface area contributed by atoms with Crippen LogP contribution in [0.1, 0.15) is 19.3 Å². The summed E-state index contributed by atoms with van der Waals surface area (Å²) in [5.74, 6) is 1.36. The number of hydrogen-bond acceptors (Lipinski definition) is 6. The number of likely N-dealkylation sites (tertiary alicyclic amines) is 1. The number of hydrogen-bond donors (Lipinski definition) is 1. The monoisotopic (exact) mass is 488 g/mol. The molecule has 3 aromatic rings. The van der Waals surface area contributed by atoms with Crippen LogP contribution in [0, 0.1) is 5.82 Å². The molecule has 1 aliphatic rings. The Hall–Kier alpha value is -2.94. The van der Waals surface area contributed by atoms with E-state index in [1.807, 2.05) is 4.90 Å². The number of nitrogens with zero attached hydrogens (tertiary/aromatic N) is 3. The summed E-state index contributed by atoms with van der Waals surface area (Å²) in [6.45, 7) is 1.96. The topological polar surface area (TPSA) is 76.6 Å². The van der Waals surface area contributed by atoms with Crippen molar-refractivity contribution < 1.29 is 18.7 Å². The molecule has 0 aliphatic carbocycles. The van der Waals surface area contributed by atoms with E-state index in [1.165, 1.54) is 12.4 Å². The standard InChI is InChI=1S/C22H22BrFN4O3/c1-30-19-11-15-18(12-20(19)31-9-3-8-28-7-2-4-21(28)29)25-13-26-22(15)27-17-6-5-14(23)10-16(17)24/h5-6,10-13H,2-4,7-9H2,1H3,(H,25,26,27). The zero-order valence-corrected chi connectivity index (χ0v) is 18.6. The van der Waals surface area contributed by atoms with Crippen LogP contribution < -0.4 is 14.8 Å². The van der Waals surface area contributed by atoms with E-state index >= 15 is 0 Å². The van der Waals surface area contributed by atoms with Gasteiger partial charge in [-0.2, -0.15) is 0 Å². The summed E-state index contributed by atoms with van der Waals surface area (Å²) in [6.07, 6.45) is 3.71. The van der Waals surface area contributed by atoms with Crippen molar-refractivity contribution in [1.82, 2.24) is 14.9 Å². The highest BCUT2D eigenvalue weighted by Gasteiger charge is 2.19. The van der Waals surface area contributed by atoms with Gasteiger partial charge in [-0.15, -0.1) is 0 Å². The lowest BCUT2D eigenvalue weighted by atomic mass is 10.2. The minimum absolute atomic E-state index is 0.210. The lowest BCUT2D eigenvalue weighted by molar-refractivity contribution is -0.127. The molecular formula is C22H22BrFN4O3. The number of anilines is 2. The number of halogens is 2. The SMILES string of the molecule is COc1cc2c(Nc3ccc(Br)cc3F)ncnc2cc1OCCCN1CCCC1=O. The normalized spacial score (nSPS) is 13.6. The van der Waals surface area contributed by atoms with Gasteiger partial charge >= 0.3 is 0 Å². The number of amides is 1. The smallest absolute Gasteiger partial charge is 0.222 e. The van der Waals surface area contributed by atoms with E-state index in [9.17, 15) is 9.18 Å². The lowest BCUT2D eigenvalue weighted by Crippen LogP contribution is -2.26. The van der Waals surface area contributed by atoms with Gasteiger partial charge in [0.25, 0.3) is 0 Å². The molecule has 0 radical (unpaired) electrons. The Bertz CT molecular complexity index is 1110. The first-order chi connectivity index (χ1) is 15.0. The van der Waals surface area contributed by atoms with Crippen LogP contribution in [-0.4, -0.2) is 47.6 Å². The Morgan fingerprint density at radius 1 is 1.23 bits per heavy atom. The van der Waals surface area contributed by atoms with Crippen molar-refractivity contribution >= 4 is 44.2 Å². The maximum Gasteiger partial charge on any atom is 0.222 e. The van der Waals surface area contributed by atoms with Gasteiger partial charge in [0.2, 0.25) is 5.91 Å².